The van der Waals surface area contributed by atoms with Gasteiger partial charge in [0, 0.05) is 18.5 Å². The predicted molar refractivity (Wildman–Crippen MR) is 77.7 cm³/mol. The molecular formula is C15H25N3O2. The zero-order valence-electron chi connectivity index (χ0n) is 11.9. The van der Waals surface area contributed by atoms with Crippen LogP contribution in [0.25, 0.3) is 0 Å². The highest BCUT2D eigenvalue weighted by Gasteiger charge is 2.40. The fraction of sp³-hybridized carbons (Fsp3) is 0.733. The van der Waals surface area contributed by atoms with Crippen molar-refractivity contribution in [2.75, 3.05) is 13.1 Å². The first kappa shape index (κ1) is 15.0. The van der Waals surface area contributed by atoms with Gasteiger partial charge in [0.05, 0.1) is 6.54 Å². The van der Waals surface area contributed by atoms with Crippen LogP contribution in [0.3, 0.4) is 0 Å². The largest absolute Gasteiger partial charge is 0.351 e. The topological polar surface area (TPSA) is 84.2 Å². The van der Waals surface area contributed by atoms with Gasteiger partial charge in [-0.1, -0.05) is 12.5 Å². The van der Waals surface area contributed by atoms with Gasteiger partial charge >= 0.3 is 0 Å². The predicted octanol–water partition coefficient (Wildman–Crippen LogP) is 0.558. The Kier molecular flexibility index (Phi) is 5.17. The van der Waals surface area contributed by atoms with Gasteiger partial charge in [-0.25, -0.2) is 0 Å². The summed E-state index contributed by atoms with van der Waals surface area (Å²) < 4.78 is 0. The monoisotopic (exact) mass is 279 g/mol. The molecule has 2 unspecified atom stereocenters. The Morgan fingerprint density at radius 3 is 2.45 bits per heavy atom. The van der Waals surface area contributed by atoms with Crippen LogP contribution >= 0.6 is 0 Å². The number of amides is 2. The zero-order chi connectivity index (χ0) is 14.5. The number of rotatable bonds is 5. The van der Waals surface area contributed by atoms with Crippen molar-refractivity contribution in [3.63, 3.8) is 0 Å². The van der Waals surface area contributed by atoms with Crippen molar-refractivity contribution in [2.24, 2.45) is 23.5 Å². The van der Waals surface area contributed by atoms with Crippen molar-refractivity contribution in [2.45, 2.75) is 38.1 Å². The second kappa shape index (κ2) is 6.88. The maximum atomic E-state index is 12.2. The molecule has 5 heteroatoms. The van der Waals surface area contributed by atoms with Crippen LogP contribution in [0.2, 0.25) is 0 Å². The quantitative estimate of drug-likeness (QED) is 0.643. The standard InChI is InChI=1S/C15H25N3O2/c1-2-6-17-13(19)9-18-15(20)12-7-10-4-3-5-11(8-12)14(10)16/h2,10-12,14H,1,3-9,16H2,(H,17,19)(H,18,20). The molecule has 2 amide bonds. The van der Waals surface area contributed by atoms with Crippen LogP contribution in [-0.4, -0.2) is 30.9 Å². The van der Waals surface area contributed by atoms with Crippen molar-refractivity contribution >= 4 is 11.8 Å². The first-order chi connectivity index (χ1) is 9.61. The van der Waals surface area contributed by atoms with Crippen LogP contribution in [0.1, 0.15) is 32.1 Å². The minimum Gasteiger partial charge on any atom is -0.351 e. The molecule has 5 nitrogen and oxygen atoms in total. The van der Waals surface area contributed by atoms with Crippen molar-refractivity contribution in [3.05, 3.63) is 12.7 Å². The lowest BCUT2D eigenvalue weighted by Gasteiger charge is -2.43. The molecule has 0 spiro atoms. The van der Waals surface area contributed by atoms with Crippen molar-refractivity contribution in [1.82, 2.24) is 10.6 Å². The molecule has 0 heterocycles. The first-order valence-electron chi connectivity index (χ1n) is 7.52. The molecular weight excluding hydrogens is 254 g/mol. The SMILES string of the molecule is C=CCNC(=O)CNC(=O)C1CC2CCCC(C1)C2N. The van der Waals surface area contributed by atoms with Gasteiger partial charge in [-0.15, -0.1) is 6.58 Å². The Labute approximate surface area is 120 Å². The summed E-state index contributed by atoms with van der Waals surface area (Å²) in [5, 5.41) is 5.38. The molecule has 20 heavy (non-hydrogen) atoms. The second-order valence-corrected chi connectivity index (χ2v) is 6.01. The summed E-state index contributed by atoms with van der Waals surface area (Å²) in [7, 11) is 0. The lowest BCUT2D eigenvalue weighted by atomic mass is 9.65. The molecule has 4 N–H and O–H groups in total. The Bertz CT molecular complexity index is 369. The van der Waals surface area contributed by atoms with E-state index in [1.807, 2.05) is 0 Å². The minimum atomic E-state index is -0.175. The molecule has 2 atom stereocenters. The highest BCUT2D eigenvalue weighted by molar-refractivity contribution is 5.85. The van der Waals surface area contributed by atoms with Gasteiger partial charge in [0.25, 0.3) is 0 Å². The summed E-state index contributed by atoms with van der Waals surface area (Å²) in [6.07, 6.45) is 6.88. The molecule has 0 aromatic carbocycles. The van der Waals surface area contributed by atoms with E-state index in [4.69, 9.17) is 5.73 Å². The fourth-order valence-electron chi connectivity index (χ4n) is 3.56. The van der Waals surface area contributed by atoms with Gasteiger partial charge in [-0.3, -0.25) is 9.59 Å². The normalized spacial score (nSPS) is 32.2. The minimum absolute atomic E-state index is 0.00236. The van der Waals surface area contributed by atoms with Gasteiger partial charge in [0.2, 0.25) is 11.8 Å². The molecule has 0 saturated heterocycles. The molecule has 2 bridgehead atoms. The maximum absolute atomic E-state index is 12.2. The molecule has 2 rings (SSSR count). The first-order valence-corrected chi connectivity index (χ1v) is 7.52. The number of nitrogens with one attached hydrogen (secondary N) is 2. The van der Waals surface area contributed by atoms with Crippen LogP contribution in [0.4, 0.5) is 0 Å². The Morgan fingerprint density at radius 1 is 1.20 bits per heavy atom. The van der Waals surface area contributed by atoms with Gasteiger partial charge in [-0.05, 0) is 37.5 Å². The van der Waals surface area contributed by atoms with Gasteiger partial charge in [-0.2, -0.15) is 0 Å². The third-order valence-corrected chi connectivity index (χ3v) is 4.65. The molecule has 112 valence electrons. The van der Waals surface area contributed by atoms with Gasteiger partial charge < -0.3 is 16.4 Å². The van der Waals surface area contributed by atoms with E-state index in [1.54, 1.807) is 6.08 Å². The van der Waals surface area contributed by atoms with Gasteiger partial charge in [0.15, 0.2) is 0 Å². The summed E-state index contributed by atoms with van der Waals surface area (Å²) >= 11 is 0. The van der Waals surface area contributed by atoms with Crippen molar-refractivity contribution < 1.29 is 9.59 Å². The molecule has 2 fully saturated rings. The van der Waals surface area contributed by atoms with Crippen LogP contribution in [-0.2, 0) is 9.59 Å². The van der Waals surface area contributed by atoms with Crippen LogP contribution in [0.15, 0.2) is 12.7 Å². The summed E-state index contributed by atoms with van der Waals surface area (Å²) in [5.41, 5.74) is 6.22. The maximum Gasteiger partial charge on any atom is 0.239 e. The summed E-state index contributed by atoms with van der Waals surface area (Å²) in [4.78, 5) is 23.6. The average Bonchev–Trinajstić information content (AvgIpc) is 2.42. The van der Waals surface area contributed by atoms with E-state index in [0.29, 0.717) is 18.4 Å². The molecule has 2 aliphatic carbocycles. The molecule has 0 aromatic heterocycles. The number of fused-ring (bicyclic) bond motifs is 2. The van der Waals surface area contributed by atoms with E-state index in [0.717, 1.165) is 25.7 Å². The Morgan fingerprint density at radius 2 is 1.85 bits per heavy atom. The average molecular weight is 279 g/mol. The lowest BCUT2D eigenvalue weighted by Crippen LogP contribution is -2.49. The molecule has 0 aromatic rings. The van der Waals surface area contributed by atoms with E-state index in [-0.39, 0.29) is 30.3 Å². The highest BCUT2D eigenvalue weighted by Crippen LogP contribution is 2.41. The molecule has 0 aliphatic heterocycles. The highest BCUT2D eigenvalue weighted by atomic mass is 16.2. The Hall–Kier alpha value is -1.36. The van der Waals surface area contributed by atoms with E-state index in [2.05, 4.69) is 17.2 Å². The summed E-state index contributed by atoms with van der Waals surface area (Å²) in [5.74, 6) is 0.812. The molecule has 2 saturated carbocycles. The van der Waals surface area contributed by atoms with Crippen molar-refractivity contribution in [3.8, 4) is 0 Å². The summed E-state index contributed by atoms with van der Waals surface area (Å²) in [6.45, 7) is 4.00. The molecule has 0 radical (unpaired) electrons. The van der Waals surface area contributed by atoms with E-state index in [9.17, 15) is 9.59 Å². The summed E-state index contributed by atoms with van der Waals surface area (Å²) in [6, 6.07) is 0.267. The number of carbonyl (C=O) groups is 2. The van der Waals surface area contributed by atoms with E-state index in [1.165, 1.54) is 6.42 Å². The third-order valence-electron chi connectivity index (χ3n) is 4.65. The third kappa shape index (κ3) is 3.60. The Balaban J connectivity index is 1.78. The number of hydrogen-bond acceptors (Lipinski definition) is 3. The van der Waals surface area contributed by atoms with Crippen LogP contribution in [0.5, 0.6) is 0 Å². The van der Waals surface area contributed by atoms with E-state index < -0.39 is 0 Å². The van der Waals surface area contributed by atoms with Crippen molar-refractivity contribution in [1.29, 1.82) is 0 Å². The van der Waals surface area contributed by atoms with Gasteiger partial charge in [0.1, 0.15) is 0 Å². The second-order valence-electron chi connectivity index (χ2n) is 6.01. The van der Waals surface area contributed by atoms with Crippen LogP contribution < -0.4 is 16.4 Å². The fourth-order valence-corrected chi connectivity index (χ4v) is 3.56. The smallest absolute Gasteiger partial charge is 0.239 e. The number of nitrogens with two attached hydrogens (primary N) is 1. The van der Waals surface area contributed by atoms with E-state index >= 15 is 0 Å². The lowest BCUT2D eigenvalue weighted by molar-refractivity contribution is -0.130. The van der Waals surface area contributed by atoms with Crippen LogP contribution in [0, 0.1) is 17.8 Å². The number of carbonyl (C=O) groups excluding carboxylic acids is 2. The number of hydrogen-bond donors (Lipinski definition) is 3. The molecule has 2 aliphatic rings. The zero-order valence-corrected chi connectivity index (χ0v) is 11.9.